The average Bonchev–Trinajstić information content (AvgIpc) is 2.44. The van der Waals surface area contributed by atoms with Crippen molar-refractivity contribution in [1.29, 1.82) is 0 Å². The van der Waals surface area contributed by atoms with Crippen LogP contribution in [0.15, 0.2) is 40.0 Å². The molecule has 0 bridgehead atoms. The Morgan fingerprint density at radius 3 is 2.33 bits per heavy atom. The van der Waals surface area contributed by atoms with Gasteiger partial charge in [-0.05, 0) is 71.2 Å². The van der Waals surface area contributed by atoms with Crippen LogP contribution in [-0.2, 0) is 0 Å². The van der Waals surface area contributed by atoms with E-state index in [1.807, 2.05) is 26.0 Å². The molecule has 2 aromatic carbocycles. The number of nitrogens with two attached hydrogens (primary N) is 1. The number of ether oxygens (including phenoxy) is 1. The van der Waals surface area contributed by atoms with E-state index in [0.717, 1.165) is 16.1 Å². The lowest BCUT2D eigenvalue weighted by Crippen LogP contribution is -2.13. The molecule has 0 amide bonds. The minimum atomic E-state index is 0.0339. The maximum atomic E-state index is 8.70. The molecule has 0 heterocycles. The van der Waals surface area contributed by atoms with Gasteiger partial charge in [0.2, 0.25) is 0 Å². The van der Waals surface area contributed by atoms with E-state index < -0.39 is 0 Å². The van der Waals surface area contributed by atoms with Gasteiger partial charge in [-0.15, -0.1) is 0 Å². The van der Waals surface area contributed by atoms with E-state index in [-0.39, 0.29) is 5.84 Å². The molecular weight excluding hydrogens is 356 g/mol. The van der Waals surface area contributed by atoms with Crippen LogP contribution in [0.5, 0.6) is 11.5 Å². The molecule has 3 N–H and O–H groups in total. The van der Waals surface area contributed by atoms with Gasteiger partial charge in [-0.2, -0.15) is 0 Å². The first-order valence-corrected chi connectivity index (χ1v) is 7.31. The number of halogens is 2. The third kappa shape index (κ3) is 3.49. The summed E-state index contributed by atoms with van der Waals surface area (Å²) in [6.07, 6.45) is 0. The minimum Gasteiger partial charge on any atom is -0.457 e. The topological polar surface area (TPSA) is 67.8 Å². The summed E-state index contributed by atoms with van der Waals surface area (Å²) in [6.45, 7) is 3.86. The average molecular weight is 370 g/mol. The van der Waals surface area contributed by atoms with Crippen molar-refractivity contribution in [2.75, 3.05) is 0 Å². The summed E-state index contributed by atoms with van der Waals surface area (Å²) >= 11 is 9.51. The zero-order valence-electron chi connectivity index (χ0n) is 11.5. The Labute approximate surface area is 136 Å². The number of oxime groups is 1. The number of nitrogens with zero attached hydrogens (tertiary/aromatic N) is 1. The van der Waals surface area contributed by atoms with E-state index in [4.69, 9.17) is 27.3 Å². The Balaban J connectivity index is 2.31. The molecule has 0 unspecified atom stereocenters. The largest absolute Gasteiger partial charge is 0.457 e. The molecule has 0 atom stereocenters. The normalized spacial score (nSPS) is 11.5. The highest BCUT2D eigenvalue weighted by Crippen LogP contribution is 2.31. The van der Waals surface area contributed by atoms with Gasteiger partial charge in [0.1, 0.15) is 11.5 Å². The third-order valence-electron chi connectivity index (χ3n) is 2.97. The molecule has 6 heteroatoms. The molecular formula is C15H14BrClN2O2. The van der Waals surface area contributed by atoms with Gasteiger partial charge in [0.15, 0.2) is 5.84 Å². The predicted octanol–water partition coefficient (Wildman–Crippen LogP) is 4.61. The number of hydrogen-bond donors (Lipinski definition) is 2. The summed E-state index contributed by atoms with van der Waals surface area (Å²) < 4.78 is 6.49. The van der Waals surface area contributed by atoms with Crippen LogP contribution in [0.2, 0.25) is 5.02 Å². The van der Waals surface area contributed by atoms with Gasteiger partial charge >= 0.3 is 0 Å². The molecule has 0 aliphatic rings. The van der Waals surface area contributed by atoms with Gasteiger partial charge in [0, 0.05) is 15.1 Å². The van der Waals surface area contributed by atoms with Crippen molar-refractivity contribution in [3.63, 3.8) is 0 Å². The lowest BCUT2D eigenvalue weighted by molar-refractivity contribution is 0.318. The van der Waals surface area contributed by atoms with Crippen molar-refractivity contribution < 1.29 is 9.94 Å². The highest BCUT2D eigenvalue weighted by atomic mass is 79.9. The number of rotatable bonds is 3. The molecule has 2 rings (SSSR count). The molecule has 0 saturated carbocycles. The fourth-order valence-corrected chi connectivity index (χ4v) is 2.59. The second kappa shape index (κ2) is 6.37. The minimum absolute atomic E-state index is 0.0339. The molecule has 2 aromatic rings. The van der Waals surface area contributed by atoms with Crippen LogP contribution >= 0.6 is 27.5 Å². The van der Waals surface area contributed by atoms with Crippen molar-refractivity contribution in [3.05, 3.63) is 56.5 Å². The Kier molecular flexibility index (Phi) is 4.75. The molecule has 0 radical (unpaired) electrons. The van der Waals surface area contributed by atoms with Gasteiger partial charge in [-0.1, -0.05) is 16.8 Å². The third-order valence-corrected chi connectivity index (χ3v) is 4.22. The van der Waals surface area contributed by atoms with E-state index in [9.17, 15) is 0 Å². The van der Waals surface area contributed by atoms with Crippen molar-refractivity contribution in [1.82, 2.24) is 0 Å². The number of hydrogen-bond acceptors (Lipinski definition) is 3. The second-order valence-electron chi connectivity index (χ2n) is 4.60. The molecule has 0 saturated heterocycles. The van der Waals surface area contributed by atoms with Crippen LogP contribution in [0.1, 0.15) is 16.7 Å². The van der Waals surface area contributed by atoms with E-state index >= 15 is 0 Å². The summed E-state index contributed by atoms with van der Waals surface area (Å²) in [5.41, 5.74) is 8.07. The quantitative estimate of drug-likeness (QED) is 0.359. The standard InChI is InChI=1S/C15H14BrClN2O2/c1-8-5-11(6-9(2)14(8)17)21-10-3-4-12(13(16)7-10)15(18)19-20/h3-7,20H,1-2H3,(H2,18,19). The smallest absolute Gasteiger partial charge is 0.171 e. The summed E-state index contributed by atoms with van der Waals surface area (Å²) in [7, 11) is 0. The molecule has 0 aliphatic heterocycles. The van der Waals surface area contributed by atoms with Gasteiger partial charge in [-0.25, -0.2) is 0 Å². The van der Waals surface area contributed by atoms with Crippen LogP contribution in [-0.4, -0.2) is 11.0 Å². The molecule has 4 nitrogen and oxygen atoms in total. The molecule has 0 fully saturated rings. The number of benzene rings is 2. The van der Waals surface area contributed by atoms with Crippen LogP contribution in [0.3, 0.4) is 0 Å². The molecule has 0 spiro atoms. The molecule has 0 aromatic heterocycles. The predicted molar refractivity (Wildman–Crippen MR) is 87.7 cm³/mol. The van der Waals surface area contributed by atoms with E-state index in [1.54, 1.807) is 18.2 Å². The van der Waals surface area contributed by atoms with E-state index in [1.165, 1.54) is 0 Å². The molecule has 21 heavy (non-hydrogen) atoms. The van der Waals surface area contributed by atoms with Gasteiger partial charge in [-0.3, -0.25) is 0 Å². The maximum absolute atomic E-state index is 8.70. The zero-order chi connectivity index (χ0) is 15.6. The highest BCUT2D eigenvalue weighted by Gasteiger charge is 2.09. The zero-order valence-corrected chi connectivity index (χ0v) is 13.9. The Morgan fingerprint density at radius 2 is 1.81 bits per heavy atom. The fourth-order valence-electron chi connectivity index (χ4n) is 1.92. The van der Waals surface area contributed by atoms with Crippen LogP contribution < -0.4 is 10.5 Å². The highest BCUT2D eigenvalue weighted by molar-refractivity contribution is 9.10. The van der Waals surface area contributed by atoms with Crippen molar-refractivity contribution >= 4 is 33.4 Å². The van der Waals surface area contributed by atoms with Crippen molar-refractivity contribution in [2.45, 2.75) is 13.8 Å². The Morgan fingerprint density at radius 1 is 1.19 bits per heavy atom. The lowest BCUT2D eigenvalue weighted by Gasteiger charge is -2.11. The van der Waals surface area contributed by atoms with Gasteiger partial charge in [0.05, 0.1) is 0 Å². The van der Waals surface area contributed by atoms with Crippen LogP contribution in [0.25, 0.3) is 0 Å². The lowest BCUT2D eigenvalue weighted by atomic mass is 10.1. The fraction of sp³-hybridized carbons (Fsp3) is 0.133. The first kappa shape index (κ1) is 15.7. The Hall–Kier alpha value is -1.72. The monoisotopic (exact) mass is 368 g/mol. The Bertz CT molecular complexity index is 694. The van der Waals surface area contributed by atoms with Crippen molar-refractivity contribution in [2.24, 2.45) is 10.9 Å². The first-order valence-electron chi connectivity index (χ1n) is 6.14. The maximum Gasteiger partial charge on any atom is 0.171 e. The van der Waals surface area contributed by atoms with Crippen LogP contribution in [0, 0.1) is 13.8 Å². The SMILES string of the molecule is Cc1cc(Oc2ccc(/C(N)=N/O)c(Br)c2)cc(C)c1Cl. The van der Waals surface area contributed by atoms with E-state index in [0.29, 0.717) is 21.5 Å². The molecule has 110 valence electrons. The number of aryl methyl sites for hydroxylation is 2. The van der Waals surface area contributed by atoms with Gasteiger partial charge < -0.3 is 15.7 Å². The van der Waals surface area contributed by atoms with Crippen LogP contribution in [0.4, 0.5) is 0 Å². The second-order valence-corrected chi connectivity index (χ2v) is 5.83. The van der Waals surface area contributed by atoms with E-state index in [2.05, 4.69) is 21.1 Å². The summed E-state index contributed by atoms with van der Waals surface area (Å²) in [6, 6.07) is 8.97. The summed E-state index contributed by atoms with van der Waals surface area (Å²) in [4.78, 5) is 0. The molecule has 0 aliphatic carbocycles. The first-order chi connectivity index (χ1) is 9.92. The van der Waals surface area contributed by atoms with Crippen molar-refractivity contribution in [3.8, 4) is 11.5 Å². The van der Waals surface area contributed by atoms with Gasteiger partial charge in [0.25, 0.3) is 0 Å². The number of amidine groups is 1. The summed E-state index contributed by atoms with van der Waals surface area (Å²) in [5.74, 6) is 1.38. The summed E-state index contributed by atoms with van der Waals surface area (Å²) in [5, 5.41) is 12.4.